The maximum Gasteiger partial charge on any atom is 0.122 e. The Morgan fingerprint density at radius 2 is 2.12 bits per heavy atom. The maximum absolute atomic E-state index is 8.56. The van der Waals surface area contributed by atoms with Crippen LogP contribution in [-0.2, 0) is 12.8 Å². The number of nitriles is 1. The lowest BCUT2D eigenvalue weighted by Gasteiger charge is -2.11. The molecule has 1 rings (SSSR count). The van der Waals surface area contributed by atoms with E-state index in [2.05, 4.69) is 38.1 Å². The predicted octanol–water partition coefficient (Wildman–Crippen LogP) is 3.49. The number of benzene rings is 1. The van der Waals surface area contributed by atoms with E-state index in [9.17, 15) is 0 Å². The minimum absolute atomic E-state index is 0.568. The molecular formula is C14H19NO. The van der Waals surface area contributed by atoms with Gasteiger partial charge in [0.1, 0.15) is 5.75 Å². The van der Waals surface area contributed by atoms with Gasteiger partial charge in [-0.05, 0) is 36.5 Å². The summed E-state index contributed by atoms with van der Waals surface area (Å²) < 4.78 is 5.71. The highest BCUT2D eigenvalue weighted by Crippen LogP contribution is 2.22. The number of rotatable bonds is 6. The van der Waals surface area contributed by atoms with E-state index in [0.29, 0.717) is 6.42 Å². The van der Waals surface area contributed by atoms with Crippen molar-refractivity contribution in [2.24, 2.45) is 0 Å². The first-order valence-electron chi connectivity index (χ1n) is 5.93. The molecule has 1 aromatic carbocycles. The summed E-state index contributed by atoms with van der Waals surface area (Å²) in [7, 11) is 0. The summed E-state index contributed by atoms with van der Waals surface area (Å²) in [6.07, 6.45) is 3.38. The van der Waals surface area contributed by atoms with Crippen molar-refractivity contribution in [3.8, 4) is 11.8 Å². The van der Waals surface area contributed by atoms with Crippen LogP contribution in [0.3, 0.4) is 0 Å². The Bertz CT molecular complexity index is 365. The van der Waals surface area contributed by atoms with E-state index in [1.165, 1.54) is 11.1 Å². The van der Waals surface area contributed by atoms with Crippen molar-refractivity contribution in [3.05, 3.63) is 29.3 Å². The fourth-order valence-electron chi connectivity index (χ4n) is 1.59. The maximum atomic E-state index is 8.56. The second-order valence-electron chi connectivity index (χ2n) is 3.80. The second kappa shape index (κ2) is 6.90. The summed E-state index contributed by atoms with van der Waals surface area (Å²) in [6.45, 7) is 4.99. The van der Waals surface area contributed by atoms with Crippen LogP contribution in [0.4, 0.5) is 0 Å². The molecule has 0 N–H and O–H groups in total. The van der Waals surface area contributed by atoms with Gasteiger partial charge in [-0.1, -0.05) is 26.0 Å². The van der Waals surface area contributed by atoms with Crippen molar-refractivity contribution < 1.29 is 4.74 Å². The Hall–Kier alpha value is -1.49. The summed E-state index contributed by atoms with van der Waals surface area (Å²) in [5.41, 5.74) is 2.43. The zero-order chi connectivity index (χ0) is 11.8. The number of ether oxygens (including phenoxy) is 1. The van der Waals surface area contributed by atoms with Crippen LogP contribution in [0.1, 0.15) is 37.8 Å². The van der Waals surface area contributed by atoms with Gasteiger partial charge >= 0.3 is 0 Å². The SMILES string of the molecule is CCCOc1cc(CCC#N)ccc1CC. The normalized spacial score (nSPS) is 9.81. The molecule has 0 aliphatic heterocycles. The van der Waals surface area contributed by atoms with Gasteiger partial charge < -0.3 is 4.74 Å². The van der Waals surface area contributed by atoms with E-state index in [0.717, 1.165) is 31.6 Å². The molecule has 0 aliphatic carbocycles. The molecule has 0 heterocycles. The highest BCUT2D eigenvalue weighted by molar-refractivity contribution is 5.37. The smallest absolute Gasteiger partial charge is 0.122 e. The lowest BCUT2D eigenvalue weighted by Crippen LogP contribution is -1.99. The number of hydrogen-bond acceptors (Lipinski definition) is 2. The van der Waals surface area contributed by atoms with Crippen molar-refractivity contribution in [3.63, 3.8) is 0 Å². The number of aryl methyl sites for hydroxylation is 2. The molecule has 2 nitrogen and oxygen atoms in total. The molecule has 0 aromatic heterocycles. The van der Waals surface area contributed by atoms with Gasteiger partial charge in [0, 0.05) is 6.42 Å². The van der Waals surface area contributed by atoms with Crippen molar-refractivity contribution in [1.29, 1.82) is 5.26 Å². The molecule has 0 bridgehead atoms. The second-order valence-corrected chi connectivity index (χ2v) is 3.80. The largest absolute Gasteiger partial charge is 0.493 e. The van der Waals surface area contributed by atoms with Crippen molar-refractivity contribution in [1.82, 2.24) is 0 Å². The number of hydrogen-bond donors (Lipinski definition) is 0. The first-order chi connectivity index (χ1) is 7.81. The first-order valence-corrected chi connectivity index (χ1v) is 5.93. The lowest BCUT2D eigenvalue weighted by molar-refractivity contribution is 0.314. The van der Waals surface area contributed by atoms with Crippen molar-refractivity contribution in [2.75, 3.05) is 6.61 Å². The number of nitrogens with zero attached hydrogens (tertiary/aromatic N) is 1. The Labute approximate surface area is 97.9 Å². The molecule has 1 aromatic rings. The van der Waals surface area contributed by atoms with E-state index in [1.807, 2.05) is 0 Å². The molecule has 0 amide bonds. The van der Waals surface area contributed by atoms with Gasteiger partial charge in [0.25, 0.3) is 0 Å². The van der Waals surface area contributed by atoms with Gasteiger partial charge in [0.2, 0.25) is 0 Å². The van der Waals surface area contributed by atoms with Crippen molar-refractivity contribution >= 4 is 0 Å². The van der Waals surface area contributed by atoms with E-state index < -0.39 is 0 Å². The Morgan fingerprint density at radius 3 is 2.75 bits per heavy atom. The van der Waals surface area contributed by atoms with Gasteiger partial charge in [0.05, 0.1) is 12.7 Å². The summed E-state index contributed by atoms with van der Waals surface area (Å²) in [5.74, 6) is 0.986. The van der Waals surface area contributed by atoms with Crippen LogP contribution < -0.4 is 4.74 Å². The molecule has 0 atom stereocenters. The quantitative estimate of drug-likeness (QED) is 0.730. The van der Waals surface area contributed by atoms with Crippen molar-refractivity contribution in [2.45, 2.75) is 39.5 Å². The minimum atomic E-state index is 0.568. The standard InChI is InChI=1S/C14H19NO/c1-3-10-16-14-11-12(6-5-9-15)7-8-13(14)4-2/h7-8,11H,3-6,10H2,1-2H3. The molecule has 0 unspecified atom stereocenters. The van der Waals surface area contributed by atoms with Crippen LogP contribution in [0.5, 0.6) is 5.75 Å². The Morgan fingerprint density at radius 1 is 1.31 bits per heavy atom. The first kappa shape index (κ1) is 12.6. The fraction of sp³-hybridized carbons (Fsp3) is 0.500. The Kier molecular flexibility index (Phi) is 5.42. The molecule has 0 radical (unpaired) electrons. The average molecular weight is 217 g/mol. The van der Waals surface area contributed by atoms with E-state index in [1.54, 1.807) is 0 Å². The lowest BCUT2D eigenvalue weighted by atomic mass is 10.1. The van der Waals surface area contributed by atoms with E-state index >= 15 is 0 Å². The van der Waals surface area contributed by atoms with Crippen LogP contribution in [0.15, 0.2) is 18.2 Å². The molecule has 86 valence electrons. The van der Waals surface area contributed by atoms with Crippen LogP contribution >= 0.6 is 0 Å². The minimum Gasteiger partial charge on any atom is -0.493 e. The summed E-state index contributed by atoms with van der Waals surface area (Å²) in [5, 5.41) is 8.56. The highest BCUT2D eigenvalue weighted by atomic mass is 16.5. The molecule has 0 spiro atoms. The highest BCUT2D eigenvalue weighted by Gasteiger charge is 2.03. The third-order valence-corrected chi connectivity index (χ3v) is 2.50. The molecule has 2 heteroatoms. The molecule has 16 heavy (non-hydrogen) atoms. The van der Waals surface area contributed by atoms with Crippen LogP contribution in [0.25, 0.3) is 0 Å². The van der Waals surface area contributed by atoms with Crippen LogP contribution in [0.2, 0.25) is 0 Å². The van der Waals surface area contributed by atoms with Gasteiger partial charge in [-0.2, -0.15) is 5.26 Å². The zero-order valence-corrected chi connectivity index (χ0v) is 10.1. The zero-order valence-electron chi connectivity index (χ0n) is 10.1. The summed E-state index contributed by atoms with van der Waals surface area (Å²) in [4.78, 5) is 0. The molecule has 0 aliphatic rings. The topological polar surface area (TPSA) is 33.0 Å². The summed E-state index contributed by atoms with van der Waals surface area (Å²) >= 11 is 0. The van der Waals surface area contributed by atoms with Gasteiger partial charge in [0.15, 0.2) is 0 Å². The average Bonchev–Trinajstić information content (AvgIpc) is 2.33. The predicted molar refractivity (Wildman–Crippen MR) is 65.5 cm³/mol. The fourth-order valence-corrected chi connectivity index (χ4v) is 1.59. The van der Waals surface area contributed by atoms with Crippen LogP contribution in [0, 0.1) is 11.3 Å². The Balaban J connectivity index is 2.79. The van der Waals surface area contributed by atoms with Gasteiger partial charge in [-0.15, -0.1) is 0 Å². The third-order valence-electron chi connectivity index (χ3n) is 2.50. The monoisotopic (exact) mass is 217 g/mol. The van der Waals surface area contributed by atoms with E-state index in [4.69, 9.17) is 10.00 Å². The molecule has 0 saturated carbocycles. The van der Waals surface area contributed by atoms with Gasteiger partial charge in [-0.25, -0.2) is 0 Å². The molecule has 0 saturated heterocycles. The van der Waals surface area contributed by atoms with E-state index in [-0.39, 0.29) is 0 Å². The molecular weight excluding hydrogens is 198 g/mol. The third kappa shape index (κ3) is 3.58. The van der Waals surface area contributed by atoms with Crippen LogP contribution in [-0.4, -0.2) is 6.61 Å². The van der Waals surface area contributed by atoms with Gasteiger partial charge in [-0.3, -0.25) is 0 Å². The summed E-state index contributed by atoms with van der Waals surface area (Å²) in [6, 6.07) is 8.44. The molecule has 0 fully saturated rings.